The standard InChI is InChI=1S/C5H6F4O2/c6-4(7,5(8,9)10)1-3-2-11-3/h3,10H,1-2H2. The van der Waals surface area contributed by atoms with Crippen LogP contribution in [0.3, 0.4) is 0 Å². The van der Waals surface area contributed by atoms with E-state index in [1.807, 2.05) is 0 Å². The first kappa shape index (κ1) is 8.73. The Balaban J connectivity index is 2.49. The van der Waals surface area contributed by atoms with E-state index in [1.54, 1.807) is 0 Å². The number of rotatable bonds is 3. The van der Waals surface area contributed by atoms with Crippen LogP contribution >= 0.6 is 0 Å². The fourth-order valence-electron chi connectivity index (χ4n) is 0.595. The van der Waals surface area contributed by atoms with Crippen LogP contribution in [0, 0.1) is 0 Å². The van der Waals surface area contributed by atoms with E-state index in [0.717, 1.165) is 0 Å². The summed E-state index contributed by atoms with van der Waals surface area (Å²) in [5, 5.41) is 7.68. The summed E-state index contributed by atoms with van der Waals surface area (Å²) in [6.45, 7) is 0.0612. The molecule has 0 radical (unpaired) electrons. The van der Waals surface area contributed by atoms with E-state index in [1.165, 1.54) is 0 Å². The summed E-state index contributed by atoms with van der Waals surface area (Å²) in [6, 6.07) is 0. The van der Waals surface area contributed by atoms with Crippen molar-refractivity contribution in [3.05, 3.63) is 0 Å². The lowest BCUT2D eigenvalue weighted by Gasteiger charge is -2.19. The largest absolute Gasteiger partial charge is 0.417 e. The molecule has 1 saturated heterocycles. The quantitative estimate of drug-likeness (QED) is 0.511. The molecule has 6 heteroatoms. The Labute approximate surface area is 59.8 Å². The maximum absolute atomic E-state index is 12.1. The van der Waals surface area contributed by atoms with Gasteiger partial charge in [-0.3, -0.25) is 0 Å². The van der Waals surface area contributed by atoms with Crippen molar-refractivity contribution in [2.24, 2.45) is 0 Å². The zero-order chi connectivity index (χ0) is 8.70. The lowest BCUT2D eigenvalue weighted by Crippen LogP contribution is -2.41. The number of aliphatic hydroxyl groups is 1. The predicted molar refractivity (Wildman–Crippen MR) is 26.5 cm³/mol. The van der Waals surface area contributed by atoms with Crippen molar-refractivity contribution in [2.75, 3.05) is 6.61 Å². The fraction of sp³-hybridized carbons (Fsp3) is 1.00. The molecule has 1 atom stereocenters. The van der Waals surface area contributed by atoms with E-state index >= 15 is 0 Å². The predicted octanol–water partition coefficient (Wildman–Crippen LogP) is 0.996. The average Bonchev–Trinajstić information content (AvgIpc) is 2.45. The van der Waals surface area contributed by atoms with Gasteiger partial charge >= 0.3 is 12.0 Å². The molecule has 1 aliphatic rings. The molecule has 1 rings (SSSR count). The number of hydrogen-bond donors (Lipinski definition) is 1. The highest BCUT2D eigenvalue weighted by Gasteiger charge is 2.57. The average molecular weight is 174 g/mol. The van der Waals surface area contributed by atoms with E-state index in [2.05, 4.69) is 4.74 Å². The minimum Gasteiger partial charge on any atom is -0.373 e. The number of halogens is 4. The molecule has 1 heterocycles. The third-order valence-corrected chi connectivity index (χ3v) is 1.33. The van der Waals surface area contributed by atoms with E-state index < -0.39 is 24.6 Å². The van der Waals surface area contributed by atoms with Crippen molar-refractivity contribution in [2.45, 2.75) is 24.6 Å². The molecular weight excluding hydrogens is 168 g/mol. The van der Waals surface area contributed by atoms with Crippen molar-refractivity contribution in [3.8, 4) is 0 Å². The molecular formula is C5H6F4O2. The van der Waals surface area contributed by atoms with Gasteiger partial charge in [-0.05, 0) is 0 Å². The molecule has 11 heavy (non-hydrogen) atoms. The van der Waals surface area contributed by atoms with Crippen molar-refractivity contribution in [1.29, 1.82) is 0 Å². The molecule has 0 bridgehead atoms. The van der Waals surface area contributed by atoms with Crippen LogP contribution < -0.4 is 0 Å². The summed E-state index contributed by atoms with van der Waals surface area (Å²) >= 11 is 0. The van der Waals surface area contributed by atoms with Crippen LogP contribution in [0.4, 0.5) is 17.6 Å². The van der Waals surface area contributed by atoms with Gasteiger partial charge < -0.3 is 9.84 Å². The Kier molecular flexibility index (Phi) is 1.84. The van der Waals surface area contributed by atoms with Crippen LogP contribution in [0.15, 0.2) is 0 Å². The topological polar surface area (TPSA) is 32.8 Å². The molecule has 1 fully saturated rings. The number of hydrogen-bond acceptors (Lipinski definition) is 2. The SMILES string of the molecule is OC(F)(F)C(F)(F)CC1CO1. The summed E-state index contributed by atoms with van der Waals surface area (Å²) in [5.41, 5.74) is 0. The molecule has 66 valence electrons. The van der Waals surface area contributed by atoms with Crippen LogP contribution in [-0.2, 0) is 4.74 Å². The van der Waals surface area contributed by atoms with Crippen molar-refractivity contribution in [3.63, 3.8) is 0 Å². The molecule has 0 aromatic rings. The van der Waals surface area contributed by atoms with Gasteiger partial charge in [0.2, 0.25) is 0 Å². The highest BCUT2D eigenvalue weighted by Crippen LogP contribution is 2.38. The van der Waals surface area contributed by atoms with Crippen LogP contribution in [-0.4, -0.2) is 29.8 Å². The van der Waals surface area contributed by atoms with Gasteiger partial charge in [0.1, 0.15) is 0 Å². The van der Waals surface area contributed by atoms with Gasteiger partial charge in [0.05, 0.1) is 12.7 Å². The number of epoxide rings is 1. The lowest BCUT2D eigenvalue weighted by atomic mass is 10.2. The highest BCUT2D eigenvalue weighted by atomic mass is 19.3. The van der Waals surface area contributed by atoms with E-state index in [9.17, 15) is 17.6 Å². The maximum Gasteiger partial charge on any atom is 0.417 e. The van der Waals surface area contributed by atoms with Gasteiger partial charge in [-0.25, -0.2) is 0 Å². The molecule has 1 aliphatic heterocycles. The summed E-state index contributed by atoms with van der Waals surface area (Å²) < 4.78 is 51.9. The number of alkyl halides is 4. The van der Waals surface area contributed by atoms with Crippen molar-refractivity contribution in [1.82, 2.24) is 0 Å². The fourth-order valence-corrected chi connectivity index (χ4v) is 0.595. The van der Waals surface area contributed by atoms with Gasteiger partial charge in [-0.1, -0.05) is 0 Å². The van der Waals surface area contributed by atoms with E-state index in [0.29, 0.717) is 0 Å². The molecule has 1 N–H and O–H groups in total. The third kappa shape index (κ3) is 2.03. The summed E-state index contributed by atoms with van der Waals surface area (Å²) in [7, 11) is 0. The highest BCUT2D eigenvalue weighted by molar-refractivity contribution is 4.83. The number of ether oxygens (including phenoxy) is 1. The van der Waals surface area contributed by atoms with Crippen LogP contribution in [0.25, 0.3) is 0 Å². The minimum absolute atomic E-state index is 0.0612. The Morgan fingerprint density at radius 3 is 2.09 bits per heavy atom. The van der Waals surface area contributed by atoms with E-state index in [4.69, 9.17) is 5.11 Å². The molecule has 0 saturated carbocycles. The smallest absolute Gasteiger partial charge is 0.373 e. The van der Waals surface area contributed by atoms with Crippen molar-refractivity contribution >= 4 is 0 Å². The Bertz CT molecular complexity index is 149. The first-order chi connectivity index (χ1) is 4.83. The second-order valence-electron chi connectivity index (χ2n) is 2.41. The Hall–Kier alpha value is -0.360. The van der Waals surface area contributed by atoms with Crippen LogP contribution in [0.2, 0.25) is 0 Å². The Morgan fingerprint density at radius 1 is 1.36 bits per heavy atom. The van der Waals surface area contributed by atoms with Gasteiger partial charge in [0.25, 0.3) is 0 Å². The molecule has 0 amide bonds. The molecule has 0 aliphatic carbocycles. The second kappa shape index (κ2) is 2.31. The molecule has 2 nitrogen and oxygen atoms in total. The van der Waals surface area contributed by atoms with Crippen LogP contribution in [0.5, 0.6) is 0 Å². The van der Waals surface area contributed by atoms with Gasteiger partial charge in [0.15, 0.2) is 0 Å². The monoisotopic (exact) mass is 174 g/mol. The lowest BCUT2D eigenvalue weighted by molar-refractivity contribution is -0.327. The zero-order valence-corrected chi connectivity index (χ0v) is 5.36. The summed E-state index contributed by atoms with van der Waals surface area (Å²) in [4.78, 5) is 0. The van der Waals surface area contributed by atoms with E-state index in [-0.39, 0.29) is 6.61 Å². The molecule has 1 unspecified atom stereocenters. The summed E-state index contributed by atoms with van der Waals surface area (Å²) in [5.74, 6) is -4.38. The van der Waals surface area contributed by atoms with Gasteiger partial charge in [-0.15, -0.1) is 0 Å². The summed E-state index contributed by atoms with van der Waals surface area (Å²) in [6.07, 6.45) is -6.90. The molecule has 0 aromatic heterocycles. The van der Waals surface area contributed by atoms with Gasteiger partial charge in [-0.2, -0.15) is 17.6 Å². The first-order valence-electron chi connectivity index (χ1n) is 2.92. The van der Waals surface area contributed by atoms with Gasteiger partial charge in [0, 0.05) is 6.42 Å². The maximum atomic E-state index is 12.1. The Morgan fingerprint density at radius 2 is 1.82 bits per heavy atom. The second-order valence-corrected chi connectivity index (χ2v) is 2.41. The third-order valence-electron chi connectivity index (χ3n) is 1.33. The molecule has 0 aromatic carbocycles. The van der Waals surface area contributed by atoms with Crippen molar-refractivity contribution < 1.29 is 27.4 Å². The first-order valence-corrected chi connectivity index (χ1v) is 2.92. The zero-order valence-electron chi connectivity index (χ0n) is 5.36. The normalized spacial score (nSPS) is 25.4. The molecule has 0 spiro atoms. The van der Waals surface area contributed by atoms with Crippen LogP contribution in [0.1, 0.15) is 6.42 Å². The minimum atomic E-state index is -4.95.